The Morgan fingerprint density at radius 3 is 2.02 bits per heavy atom. The molecule has 3 N–H and O–H groups in total. The number of aromatic hydroxyl groups is 1. The fourth-order valence-corrected chi connectivity index (χ4v) is 7.49. The summed E-state index contributed by atoms with van der Waals surface area (Å²) in [4.78, 5) is 33.1. The molecule has 7 rings (SSSR count). The van der Waals surface area contributed by atoms with Crippen molar-refractivity contribution in [3.63, 3.8) is 0 Å². The second-order valence-electron chi connectivity index (χ2n) is 13.3. The van der Waals surface area contributed by atoms with Crippen LogP contribution in [-0.4, -0.2) is 36.9 Å². The van der Waals surface area contributed by atoms with Crippen LogP contribution in [0, 0.1) is 32.1 Å². The Labute approximate surface area is 355 Å². The van der Waals surface area contributed by atoms with E-state index < -0.39 is 11.9 Å². The first-order valence-electron chi connectivity index (χ1n) is 18.2. The highest BCUT2D eigenvalue weighted by Crippen LogP contribution is 2.46. The Morgan fingerprint density at radius 1 is 0.862 bits per heavy atom. The summed E-state index contributed by atoms with van der Waals surface area (Å²) in [5.74, 6) is 0.779. The van der Waals surface area contributed by atoms with Crippen molar-refractivity contribution < 1.29 is 33.7 Å². The Hall–Kier alpha value is -5.96. The second kappa shape index (κ2) is 21.0. The van der Waals surface area contributed by atoms with E-state index in [0.29, 0.717) is 17.1 Å². The molecule has 0 aliphatic carbocycles. The number of nitriles is 1. The van der Waals surface area contributed by atoms with Gasteiger partial charge >= 0.3 is 5.97 Å². The first-order chi connectivity index (χ1) is 27.7. The van der Waals surface area contributed by atoms with Gasteiger partial charge in [-0.15, -0.1) is 0 Å². The number of aldehydes is 1. The molecule has 0 radical (unpaired) electrons. The van der Waals surface area contributed by atoms with Crippen LogP contribution in [0.3, 0.4) is 0 Å². The van der Waals surface area contributed by atoms with E-state index in [2.05, 4.69) is 37.9 Å². The summed E-state index contributed by atoms with van der Waals surface area (Å²) in [5, 5.41) is 21.2. The second-order valence-corrected chi connectivity index (χ2v) is 15.0. The Kier molecular flexibility index (Phi) is 16.2. The molecule has 1 unspecified atom stereocenters. The third-order valence-electron chi connectivity index (χ3n) is 9.07. The standard InChI is InChI=1S/C24H22BrNO4.C10H8O.C9H9BrO.C4H5NO/c1-4-29-24(27)21-20(16-9-13(2)22(28-3)18(25)11-16)17-10-14-7-5-6-8-15(14)12-19(17)30-23(21)26;11-10-6-5-8-3-1-2-4-9(8)7-10;1-6-3-8(5-11)4-9(10)7(6)2;1-4(6)2-3-5/h5-12,20H,4,26H2,1-3H3;1-7,11H;3-5H,1-2H3;2H2,1H3. The number of nitrogens with two attached hydrogens (primary N) is 1. The molecular weight excluding hydrogens is 864 g/mol. The number of phenolic OH excluding ortho intramolecular Hbond substituents is 1. The zero-order valence-corrected chi connectivity index (χ0v) is 36.2. The molecule has 58 heavy (non-hydrogen) atoms. The molecule has 1 aliphatic rings. The number of aryl methyl sites for hydroxylation is 2. The van der Waals surface area contributed by atoms with Crippen molar-refractivity contribution in [2.24, 2.45) is 5.73 Å². The number of esters is 1. The monoisotopic (exact) mass is 906 g/mol. The van der Waals surface area contributed by atoms with Crippen molar-refractivity contribution in [3.8, 4) is 23.3 Å². The van der Waals surface area contributed by atoms with Crippen LogP contribution in [0.15, 0.2) is 124 Å². The number of nitrogens with zero attached hydrogens (tertiary/aromatic N) is 1. The molecular formula is C47H44Br2N2O7. The number of phenols is 1. The van der Waals surface area contributed by atoms with Gasteiger partial charge in [0.05, 0.1) is 36.6 Å². The Morgan fingerprint density at radius 2 is 1.48 bits per heavy atom. The minimum absolute atomic E-state index is 0.0417. The first kappa shape index (κ1) is 44.8. The van der Waals surface area contributed by atoms with Crippen LogP contribution < -0.4 is 15.2 Å². The van der Waals surface area contributed by atoms with Crippen LogP contribution in [0.4, 0.5) is 0 Å². The SMILES string of the molecule is CC(=O)CC#N.CCOC(=O)C1=C(N)Oc2cc3ccccc3cc2C1c1cc(C)c(OC)c(Br)c1.Cc1cc(C=O)cc(Br)c1C.Oc1ccc2ccccc2c1. The number of fused-ring (bicyclic) bond motifs is 3. The van der Waals surface area contributed by atoms with Gasteiger partial charge in [0.25, 0.3) is 0 Å². The summed E-state index contributed by atoms with van der Waals surface area (Å²) in [5.41, 5.74) is 12.3. The minimum Gasteiger partial charge on any atom is -0.508 e. The number of ether oxygens (including phenoxy) is 3. The van der Waals surface area contributed by atoms with Crippen LogP contribution in [0.5, 0.6) is 17.2 Å². The van der Waals surface area contributed by atoms with Crippen molar-refractivity contribution in [1.29, 1.82) is 5.26 Å². The maximum atomic E-state index is 12.9. The highest BCUT2D eigenvalue weighted by atomic mass is 79.9. The summed E-state index contributed by atoms with van der Waals surface area (Å²) in [7, 11) is 1.63. The lowest BCUT2D eigenvalue weighted by molar-refractivity contribution is -0.139. The number of hydrogen-bond donors (Lipinski definition) is 2. The maximum absolute atomic E-state index is 12.9. The molecule has 298 valence electrons. The van der Waals surface area contributed by atoms with Gasteiger partial charge in [-0.1, -0.05) is 76.6 Å². The summed E-state index contributed by atoms with van der Waals surface area (Å²) in [6, 6.07) is 34.7. The molecule has 1 aliphatic heterocycles. The van der Waals surface area contributed by atoms with Gasteiger partial charge in [0.15, 0.2) is 0 Å². The van der Waals surface area contributed by atoms with Crippen LogP contribution in [0.1, 0.15) is 64.4 Å². The molecule has 11 heteroatoms. The van der Waals surface area contributed by atoms with E-state index in [0.717, 1.165) is 70.3 Å². The predicted molar refractivity (Wildman–Crippen MR) is 235 cm³/mol. The molecule has 9 nitrogen and oxygen atoms in total. The number of Topliss-reactive ketones (excluding diaryl/α,β-unsaturated/α-hetero) is 1. The Bertz CT molecular complexity index is 2500. The van der Waals surface area contributed by atoms with Crippen LogP contribution in [0.2, 0.25) is 0 Å². The number of halogens is 2. The zero-order chi connectivity index (χ0) is 42.5. The zero-order valence-electron chi connectivity index (χ0n) is 33.1. The molecule has 0 saturated heterocycles. The highest BCUT2D eigenvalue weighted by Gasteiger charge is 2.36. The molecule has 0 fully saturated rings. The van der Waals surface area contributed by atoms with Gasteiger partial charge in [0.2, 0.25) is 5.88 Å². The topological polar surface area (TPSA) is 149 Å². The van der Waals surface area contributed by atoms with Crippen molar-refractivity contribution in [3.05, 3.63) is 157 Å². The lowest BCUT2D eigenvalue weighted by atomic mass is 9.81. The van der Waals surface area contributed by atoms with E-state index in [1.54, 1.807) is 32.2 Å². The third-order valence-corrected chi connectivity index (χ3v) is 10.5. The predicted octanol–water partition coefficient (Wildman–Crippen LogP) is 11.1. The molecule has 0 bridgehead atoms. The van der Waals surface area contributed by atoms with E-state index >= 15 is 0 Å². The lowest BCUT2D eigenvalue weighted by Crippen LogP contribution is -2.27. The van der Waals surface area contributed by atoms with Crippen molar-refractivity contribution >= 4 is 71.4 Å². The van der Waals surface area contributed by atoms with Crippen LogP contribution in [-0.2, 0) is 14.3 Å². The van der Waals surface area contributed by atoms with Crippen LogP contribution >= 0.6 is 31.9 Å². The summed E-state index contributed by atoms with van der Waals surface area (Å²) >= 11 is 6.97. The fourth-order valence-electron chi connectivity index (χ4n) is 6.18. The summed E-state index contributed by atoms with van der Waals surface area (Å²) < 4.78 is 18.5. The maximum Gasteiger partial charge on any atom is 0.340 e. The molecule has 1 atom stereocenters. The van der Waals surface area contributed by atoms with Gasteiger partial charge in [0, 0.05) is 15.6 Å². The van der Waals surface area contributed by atoms with Gasteiger partial charge in [-0.05, 0) is 137 Å². The molecule has 6 aromatic rings. The number of methoxy groups -OCH3 is 1. The van der Waals surface area contributed by atoms with Gasteiger partial charge in [-0.3, -0.25) is 9.59 Å². The first-order valence-corrected chi connectivity index (χ1v) is 19.8. The number of carbonyl (C=O) groups is 3. The van der Waals surface area contributed by atoms with Gasteiger partial charge in [0.1, 0.15) is 34.9 Å². The number of carbonyl (C=O) groups excluding carboxylic acids is 3. The van der Waals surface area contributed by atoms with Gasteiger partial charge < -0.3 is 25.1 Å². The van der Waals surface area contributed by atoms with E-state index in [1.165, 1.54) is 12.5 Å². The largest absolute Gasteiger partial charge is 0.508 e. The van der Waals surface area contributed by atoms with E-state index in [1.807, 2.05) is 106 Å². The lowest BCUT2D eigenvalue weighted by Gasteiger charge is -2.29. The highest BCUT2D eigenvalue weighted by molar-refractivity contribution is 9.10. The fraction of sp³-hybridized carbons (Fsp3) is 0.191. The molecule has 0 saturated carbocycles. The summed E-state index contributed by atoms with van der Waals surface area (Å²) in [6.45, 7) is 9.39. The van der Waals surface area contributed by atoms with Crippen molar-refractivity contribution in [2.45, 2.75) is 47.0 Å². The molecule has 0 aromatic heterocycles. The average molecular weight is 909 g/mol. The Balaban J connectivity index is 0.000000215. The number of hydrogen-bond acceptors (Lipinski definition) is 9. The normalized spacial score (nSPS) is 12.5. The number of benzene rings is 6. The molecule has 0 spiro atoms. The third kappa shape index (κ3) is 11.3. The number of rotatable bonds is 6. The molecule has 6 aromatic carbocycles. The van der Waals surface area contributed by atoms with E-state index in [4.69, 9.17) is 30.3 Å². The molecule has 1 heterocycles. The van der Waals surface area contributed by atoms with Gasteiger partial charge in [-0.25, -0.2) is 4.79 Å². The number of ketones is 1. The quantitative estimate of drug-likeness (QED) is 0.123. The van der Waals surface area contributed by atoms with Crippen LogP contribution in [0.25, 0.3) is 21.5 Å². The molecule has 0 amide bonds. The van der Waals surface area contributed by atoms with E-state index in [-0.39, 0.29) is 24.7 Å². The van der Waals surface area contributed by atoms with Crippen molar-refractivity contribution in [2.75, 3.05) is 13.7 Å². The smallest absolute Gasteiger partial charge is 0.340 e. The van der Waals surface area contributed by atoms with Crippen molar-refractivity contribution in [1.82, 2.24) is 0 Å². The minimum atomic E-state index is -0.483. The average Bonchev–Trinajstić information content (AvgIpc) is 3.19. The summed E-state index contributed by atoms with van der Waals surface area (Å²) in [6.07, 6.45) is 0.900. The van der Waals surface area contributed by atoms with Gasteiger partial charge in [-0.2, -0.15) is 5.26 Å². The van der Waals surface area contributed by atoms with E-state index in [9.17, 15) is 14.4 Å².